The van der Waals surface area contributed by atoms with Gasteiger partial charge in [0, 0.05) is 0 Å². The summed E-state index contributed by atoms with van der Waals surface area (Å²) in [6.07, 6.45) is 8.01. The van der Waals surface area contributed by atoms with Crippen molar-refractivity contribution in [2.45, 2.75) is 19.3 Å². The standard InChI is InChI=1S/C11H17NS/c1-12-8-5-3-2-4-6-11-7-9-13-10-11/h2-3,7,9-10,12H,4-6,8H2,1H3. The molecule has 0 unspecified atom stereocenters. The second kappa shape index (κ2) is 6.87. The number of thiophene rings is 1. The van der Waals surface area contributed by atoms with Crippen molar-refractivity contribution in [3.63, 3.8) is 0 Å². The Hall–Kier alpha value is -0.600. The summed E-state index contributed by atoms with van der Waals surface area (Å²) in [6.45, 7) is 1.08. The lowest BCUT2D eigenvalue weighted by atomic mass is 10.2. The van der Waals surface area contributed by atoms with E-state index < -0.39 is 0 Å². The monoisotopic (exact) mass is 195 g/mol. The average molecular weight is 195 g/mol. The average Bonchev–Trinajstić information content (AvgIpc) is 2.63. The maximum absolute atomic E-state index is 3.12. The minimum atomic E-state index is 1.08. The van der Waals surface area contributed by atoms with Gasteiger partial charge in [0.15, 0.2) is 0 Å². The van der Waals surface area contributed by atoms with Crippen LogP contribution >= 0.6 is 11.3 Å². The Bertz CT molecular complexity index is 226. The van der Waals surface area contributed by atoms with Gasteiger partial charge in [-0.2, -0.15) is 11.3 Å². The second-order valence-electron chi connectivity index (χ2n) is 3.03. The van der Waals surface area contributed by atoms with Crippen molar-refractivity contribution in [1.82, 2.24) is 5.32 Å². The van der Waals surface area contributed by atoms with Gasteiger partial charge in [0.25, 0.3) is 0 Å². The molecular formula is C11H17NS. The summed E-state index contributed by atoms with van der Waals surface area (Å²) < 4.78 is 0. The summed E-state index contributed by atoms with van der Waals surface area (Å²) in [5.41, 5.74) is 1.46. The number of hydrogen-bond donors (Lipinski definition) is 1. The van der Waals surface area contributed by atoms with E-state index in [1.165, 1.54) is 18.4 Å². The van der Waals surface area contributed by atoms with Crippen molar-refractivity contribution < 1.29 is 0 Å². The molecule has 0 amide bonds. The molecule has 0 aliphatic heterocycles. The highest BCUT2D eigenvalue weighted by Gasteiger charge is 1.89. The van der Waals surface area contributed by atoms with Crippen molar-refractivity contribution in [2.24, 2.45) is 0 Å². The van der Waals surface area contributed by atoms with E-state index in [2.05, 4.69) is 34.3 Å². The van der Waals surface area contributed by atoms with Gasteiger partial charge in [0.2, 0.25) is 0 Å². The molecule has 0 aliphatic rings. The van der Waals surface area contributed by atoms with Gasteiger partial charge in [-0.15, -0.1) is 0 Å². The normalized spacial score (nSPS) is 11.2. The molecule has 1 aromatic rings. The van der Waals surface area contributed by atoms with E-state index in [-0.39, 0.29) is 0 Å². The fraction of sp³-hybridized carbons (Fsp3) is 0.455. The van der Waals surface area contributed by atoms with E-state index in [0.717, 1.165) is 13.0 Å². The molecule has 0 spiro atoms. The van der Waals surface area contributed by atoms with Crippen LogP contribution in [0.15, 0.2) is 29.0 Å². The third-order valence-corrected chi connectivity index (χ3v) is 2.64. The van der Waals surface area contributed by atoms with Gasteiger partial charge < -0.3 is 5.32 Å². The van der Waals surface area contributed by atoms with Crippen LogP contribution in [0.2, 0.25) is 0 Å². The lowest BCUT2D eigenvalue weighted by Gasteiger charge is -1.92. The van der Waals surface area contributed by atoms with Gasteiger partial charge in [-0.25, -0.2) is 0 Å². The lowest BCUT2D eigenvalue weighted by molar-refractivity contribution is 0.805. The maximum Gasteiger partial charge on any atom is -0.00173 e. The van der Waals surface area contributed by atoms with Crippen molar-refractivity contribution in [3.8, 4) is 0 Å². The molecule has 0 aliphatic carbocycles. The van der Waals surface area contributed by atoms with Gasteiger partial charge >= 0.3 is 0 Å². The fourth-order valence-electron chi connectivity index (χ4n) is 1.15. The molecule has 0 bridgehead atoms. The van der Waals surface area contributed by atoms with Crippen molar-refractivity contribution >= 4 is 11.3 Å². The largest absolute Gasteiger partial charge is 0.319 e. The van der Waals surface area contributed by atoms with Crippen LogP contribution in [0, 0.1) is 0 Å². The number of rotatable bonds is 6. The second-order valence-corrected chi connectivity index (χ2v) is 3.81. The highest BCUT2D eigenvalue weighted by atomic mass is 32.1. The van der Waals surface area contributed by atoms with Gasteiger partial charge in [-0.3, -0.25) is 0 Å². The molecule has 0 saturated heterocycles. The van der Waals surface area contributed by atoms with Crippen molar-refractivity contribution in [3.05, 3.63) is 34.5 Å². The van der Waals surface area contributed by atoms with E-state index in [4.69, 9.17) is 0 Å². The predicted molar refractivity (Wildman–Crippen MR) is 60.3 cm³/mol. The molecule has 13 heavy (non-hydrogen) atoms. The van der Waals surface area contributed by atoms with Crippen LogP contribution in [-0.2, 0) is 6.42 Å². The Kier molecular flexibility index (Phi) is 5.54. The highest BCUT2D eigenvalue weighted by Crippen LogP contribution is 2.08. The van der Waals surface area contributed by atoms with E-state index in [1.54, 1.807) is 11.3 Å². The summed E-state index contributed by atoms with van der Waals surface area (Å²) in [5, 5.41) is 7.49. The van der Waals surface area contributed by atoms with Crippen molar-refractivity contribution in [1.29, 1.82) is 0 Å². The van der Waals surface area contributed by atoms with Crippen LogP contribution in [0.3, 0.4) is 0 Å². The summed E-state index contributed by atoms with van der Waals surface area (Å²) in [6, 6.07) is 2.20. The Morgan fingerprint density at radius 3 is 2.92 bits per heavy atom. The predicted octanol–water partition coefficient (Wildman–Crippen LogP) is 2.85. The SMILES string of the molecule is CNCCC=CCCc1ccsc1. The zero-order chi connectivity index (χ0) is 9.36. The van der Waals surface area contributed by atoms with Gasteiger partial charge in [-0.05, 0) is 55.2 Å². The summed E-state index contributed by atoms with van der Waals surface area (Å²) in [4.78, 5) is 0. The molecular weight excluding hydrogens is 178 g/mol. The zero-order valence-corrected chi connectivity index (χ0v) is 8.94. The van der Waals surface area contributed by atoms with Gasteiger partial charge in [0.05, 0.1) is 0 Å². The number of hydrogen-bond acceptors (Lipinski definition) is 2. The van der Waals surface area contributed by atoms with E-state index in [1.807, 2.05) is 7.05 Å². The molecule has 0 aromatic carbocycles. The van der Waals surface area contributed by atoms with Crippen LogP contribution < -0.4 is 5.32 Å². The maximum atomic E-state index is 3.12. The molecule has 1 aromatic heterocycles. The fourth-order valence-corrected chi connectivity index (χ4v) is 1.85. The molecule has 1 heterocycles. The van der Waals surface area contributed by atoms with Crippen LogP contribution in [0.1, 0.15) is 18.4 Å². The van der Waals surface area contributed by atoms with Crippen LogP contribution in [0.25, 0.3) is 0 Å². The highest BCUT2D eigenvalue weighted by molar-refractivity contribution is 7.07. The van der Waals surface area contributed by atoms with E-state index >= 15 is 0 Å². The summed E-state index contributed by atoms with van der Waals surface area (Å²) in [7, 11) is 1.99. The molecule has 1 N–H and O–H groups in total. The van der Waals surface area contributed by atoms with Crippen LogP contribution in [0.5, 0.6) is 0 Å². The Morgan fingerprint density at radius 2 is 2.23 bits per heavy atom. The smallest absolute Gasteiger partial charge is 0.00173 e. The Balaban J connectivity index is 2.04. The molecule has 1 nitrogen and oxygen atoms in total. The molecule has 0 atom stereocenters. The van der Waals surface area contributed by atoms with Gasteiger partial charge in [-0.1, -0.05) is 12.2 Å². The lowest BCUT2D eigenvalue weighted by Crippen LogP contribution is -2.05. The van der Waals surface area contributed by atoms with E-state index in [9.17, 15) is 0 Å². The molecule has 1 rings (SSSR count). The first-order chi connectivity index (χ1) is 6.43. The quantitative estimate of drug-likeness (QED) is 0.543. The molecule has 0 saturated carbocycles. The topological polar surface area (TPSA) is 12.0 Å². The Labute approximate surface area is 84.5 Å². The summed E-state index contributed by atoms with van der Waals surface area (Å²) in [5.74, 6) is 0. The number of allylic oxidation sites excluding steroid dienone is 1. The molecule has 2 heteroatoms. The third kappa shape index (κ3) is 4.86. The molecule has 0 radical (unpaired) electrons. The van der Waals surface area contributed by atoms with Gasteiger partial charge in [0.1, 0.15) is 0 Å². The van der Waals surface area contributed by atoms with Crippen molar-refractivity contribution in [2.75, 3.05) is 13.6 Å². The molecule has 72 valence electrons. The first kappa shape index (κ1) is 10.5. The minimum Gasteiger partial charge on any atom is -0.319 e. The van der Waals surface area contributed by atoms with E-state index in [0.29, 0.717) is 0 Å². The first-order valence-electron chi connectivity index (χ1n) is 4.74. The first-order valence-corrected chi connectivity index (χ1v) is 5.68. The summed E-state index contributed by atoms with van der Waals surface area (Å²) >= 11 is 1.78. The minimum absolute atomic E-state index is 1.08. The van der Waals surface area contributed by atoms with Crippen LogP contribution in [0.4, 0.5) is 0 Å². The zero-order valence-electron chi connectivity index (χ0n) is 8.12. The van der Waals surface area contributed by atoms with Crippen LogP contribution in [-0.4, -0.2) is 13.6 Å². The number of nitrogens with one attached hydrogen (secondary N) is 1. The third-order valence-electron chi connectivity index (χ3n) is 1.91. The Morgan fingerprint density at radius 1 is 1.38 bits per heavy atom. The molecule has 0 fully saturated rings. The number of aryl methyl sites for hydroxylation is 1.